The van der Waals surface area contributed by atoms with E-state index >= 15 is 0 Å². The van der Waals surface area contributed by atoms with E-state index in [1.165, 1.54) is 0 Å². The molecule has 8 heavy (non-hydrogen) atoms. The maximum absolute atomic E-state index is 3.60. The lowest BCUT2D eigenvalue weighted by Crippen LogP contribution is -2.26. The first-order valence-corrected chi connectivity index (χ1v) is 2.88. The van der Waals surface area contributed by atoms with E-state index in [9.17, 15) is 0 Å². The molecule has 0 aliphatic carbocycles. The van der Waals surface area contributed by atoms with Crippen molar-refractivity contribution in [2.75, 3.05) is 20.3 Å². The lowest BCUT2D eigenvalue weighted by Gasteiger charge is -1.98. The zero-order valence-corrected chi connectivity index (χ0v) is 5.41. The van der Waals surface area contributed by atoms with Gasteiger partial charge in [-0.3, -0.25) is 0 Å². The Morgan fingerprint density at radius 3 is 2.88 bits per heavy atom. The van der Waals surface area contributed by atoms with Gasteiger partial charge in [0.2, 0.25) is 0 Å². The van der Waals surface area contributed by atoms with Crippen molar-refractivity contribution in [1.29, 1.82) is 0 Å². The molecule has 0 amide bonds. The molecular weight excluding hydrogens is 100 g/mol. The molecule has 0 rings (SSSR count). The Morgan fingerprint density at radius 1 is 1.62 bits per heavy atom. The molecule has 0 aromatic rings. The molecule has 0 bridgehead atoms. The van der Waals surface area contributed by atoms with Crippen molar-refractivity contribution < 1.29 is 0 Å². The topological polar surface area (TPSA) is 24.1 Å². The monoisotopic (exact) mass is 114 g/mol. The fourth-order valence-electron chi connectivity index (χ4n) is 0.418. The van der Waals surface area contributed by atoms with Crippen LogP contribution in [-0.4, -0.2) is 20.3 Å². The Kier molecular flexibility index (Phi) is 6.38. The van der Waals surface area contributed by atoms with E-state index in [-0.39, 0.29) is 0 Å². The average molecular weight is 114 g/mol. The lowest BCUT2D eigenvalue weighted by atomic mass is 10.4. The first-order chi connectivity index (χ1) is 3.91. The second kappa shape index (κ2) is 6.66. The van der Waals surface area contributed by atoms with Crippen LogP contribution in [-0.2, 0) is 0 Å². The van der Waals surface area contributed by atoms with E-state index in [0.29, 0.717) is 0 Å². The van der Waals surface area contributed by atoms with E-state index in [1.807, 2.05) is 13.1 Å². The quantitative estimate of drug-likeness (QED) is 0.306. The molecule has 0 spiro atoms. The van der Waals surface area contributed by atoms with E-state index in [1.54, 1.807) is 0 Å². The fraction of sp³-hybridized carbons (Fsp3) is 0.667. The number of hydrogen-bond donors (Lipinski definition) is 2. The van der Waals surface area contributed by atoms with Gasteiger partial charge in [-0.15, -0.1) is 6.58 Å². The summed E-state index contributed by atoms with van der Waals surface area (Å²) in [5, 5.41) is 6.13. The molecule has 48 valence electrons. The summed E-state index contributed by atoms with van der Waals surface area (Å²) >= 11 is 0. The molecule has 0 saturated carbocycles. The van der Waals surface area contributed by atoms with Gasteiger partial charge in [0, 0.05) is 6.67 Å². The van der Waals surface area contributed by atoms with E-state index in [4.69, 9.17) is 0 Å². The van der Waals surface area contributed by atoms with Crippen molar-refractivity contribution in [3.8, 4) is 0 Å². The predicted molar refractivity (Wildman–Crippen MR) is 36.7 cm³/mol. The van der Waals surface area contributed by atoms with Crippen LogP contribution in [0.15, 0.2) is 12.7 Å². The highest BCUT2D eigenvalue weighted by atomic mass is 15.0. The predicted octanol–water partition coefficient (Wildman–Crippen LogP) is 0.329. The summed E-state index contributed by atoms with van der Waals surface area (Å²) in [6.07, 6.45) is 2.95. The maximum atomic E-state index is 3.60. The van der Waals surface area contributed by atoms with Crippen molar-refractivity contribution >= 4 is 0 Å². The normalized spacial score (nSPS) is 9.12. The van der Waals surface area contributed by atoms with Crippen molar-refractivity contribution in [3.63, 3.8) is 0 Å². The molecule has 0 aliphatic rings. The summed E-state index contributed by atoms with van der Waals surface area (Å²) in [5.74, 6) is 0. The molecule has 0 unspecified atom stereocenters. The van der Waals surface area contributed by atoms with Crippen LogP contribution in [0.25, 0.3) is 0 Å². The van der Waals surface area contributed by atoms with Gasteiger partial charge < -0.3 is 10.6 Å². The van der Waals surface area contributed by atoms with E-state index in [2.05, 4.69) is 17.2 Å². The fourth-order valence-corrected chi connectivity index (χ4v) is 0.418. The molecular formula is C6H14N2. The van der Waals surface area contributed by atoms with Gasteiger partial charge in [0.05, 0.1) is 0 Å². The van der Waals surface area contributed by atoms with Crippen LogP contribution >= 0.6 is 0 Å². The van der Waals surface area contributed by atoms with E-state index < -0.39 is 0 Å². The highest BCUT2D eigenvalue weighted by Crippen LogP contribution is 1.71. The molecule has 0 atom stereocenters. The molecule has 0 aromatic heterocycles. The standard InChI is InChI=1S/C6H14N2/c1-3-4-5-8-6-7-2/h3,7-8H,1,4-6H2,2H3. The molecule has 2 N–H and O–H groups in total. The van der Waals surface area contributed by atoms with Gasteiger partial charge in [0.25, 0.3) is 0 Å². The Bertz CT molecular complexity index is 52.5. The summed E-state index contributed by atoms with van der Waals surface area (Å²) in [4.78, 5) is 0. The number of hydrogen-bond acceptors (Lipinski definition) is 2. The van der Waals surface area contributed by atoms with Crippen molar-refractivity contribution in [1.82, 2.24) is 10.6 Å². The smallest absolute Gasteiger partial charge is 0.0451 e. The summed E-state index contributed by atoms with van der Waals surface area (Å²) in [5.41, 5.74) is 0. The van der Waals surface area contributed by atoms with Gasteiger partial charge in [-0.1, -0.05) is 6.08 Å². The molecule has 0 saturated heterocycles. The first kappa shape index (κ1) is 7.66. The van der Waals surface area contributed by atoms with Crippen LogP contribution < -0.4 is 10.6 Å². The Hall–Kier alpha value is -0.340. The van der Waals surface area contributed by atoms with Gasteiger partial charge in [-0.25, -0.2) is 0 Å². The molecule has 0 radical (unpaired) electrons. The number of rotatable bonds is 5. The molecule has 0 aliphatic heterocycles. The summed E-state index contributed by atoms with van der Waals surface area (Å²) in [6.45, 7) is 5.50. The Balaban J connectivity index is 2.62. The van der Waals surface area contributed by atoms with Gasteiger partial charge in [-0.05, 0) is 20.0 Å². The van der Waals surface area contributed by atoms with Gasteiger partial charge in [-0.2, -0.15) is 0 Å². The van der Waals surface area contributed by atoms with Gasteiger partial charge in [0.15, 0.2) is 0 Å². The summed E-state index contributed by atoms with van der Waals surface area (Å²) in [7, 11) is 1.92. The van der Waals surface area contributed by atoms with E-state index in [0.717, 1.165) is 19.6 Å². The molecule has 0 fully saturated rings. The van der Waals surface area contributed by atoms with Crippen LogP contribution in [0.5, 0.6) is 0 Å². The van der Waals surface area contributed by atoms with Crippen LogP contribution in [0.3, 0.4) is 0 Å². The molecule has 2 heteroatoms. The van der Waals surface area contributed by atoms with Crippen molar-refractivity contribution in [3.05, 3.63) is 12.7 Å². The Morgan fingerprint density at radius 2 is 2.38 bits per heavy atom. The maximum Gasteiger partial charge on any atom is 0.0451 e. The minimum absolute atomic E-state index is 0.883. The summed E-state index contributed by atoms with van der Waals surface area (Å²) in [6, 6.07) is 0. The van der Waals surface area contributed by atoms with Crippen LogP contribution in [0.4, 0.5) is 0 Å². The second-order valence-electron chi connectivity index (χ2n) is 1.61. The third-order valence-corrected chi connectivity index (χ3v) is 0.827. The van der Waals surface area contributed by atoms with Crippen molar-refractivity contribution in [2.24, 2.45) is 0 Å². The summed E-state index contributed by atoms with van der Waals surface area (Å²) < 4.78 is 0. The van der Waals surface area contributed by atoms with Gasteiger partial charge >= 0.3 is 0 Å². The zero-order valence-electron chi connectivity index (χ0n) is 5.41. The Labute approximate surface area is 51.0 Å². The molecule has 0 aromatic carbocycles. The minimum atomic E-state index is 0.883. The molecule has 0 heterocycles. The minimum Gasteiger partial charge on any atom is -0.308 e. The van der Waals surface area contributed by atoms with Crippen LogP contribution in [0, 0.1) is 0 Å². The lowest BCUT2D eigenvalue weighted by molar-refractivity contribution is 0.636. The third-order valence-electron chi connectivity index (χ3n) is 0.827. The van der Waals surface area contributed by atoms with Crippen molar-refractivity contribution in [2.45, 2.75) is 6.42 Å². The third kappa shape index (κ3) is 5.66. The molecule has 2 nitrogen and oxygen atoms in total. The second-order valence-corrected chi connectivity index (χ2v) is 1.61. The SMILES string of the molecule is C=CCCNCNC. The highest BCUT2D eigenvalue weighted by Gasteiger charge is 1.77. The average Bonchev–Trinajstić information content (AvgIpc) is 1.81. The van der Waals surface area contributed by atoms with Crippen LogP contribution in [0.1, 0.15) is 6.42 Å². The largest absolute Gasteiger partial charge is 0.308 e. The van der Waals surface area contributed by atoms with Gasteiger partial charge in [0.1, 0.15) is 0 Å². The highest BCUT2D eigenvalue weighted by molar-refractivity contribution is 4.66. The number of nitrogens with one attached hydrogen (secondary N) is 2. The first-order valence-electron chi connectivity index (χ1n) is 2.88. The zero-order chi connectivity index (χ0) is 6.24. The van der Waals surface area contributed by atoms with Crippen LogP contribution in [0.2, 0.25) is 0 Å².